The number of furan rings is 1. The lowest BCUT2D eigenvalue weighted by molar-refractivity contribution is -0.139. The summed E-state index contributed by atoms with van der Waals surface area (Å²) in [5, 5.41) is 0. The number of pyridine rings is 1. The van der Waals surface area contributed by atoms with Gasteiger partial charge in [0.25, 0.3) is 5.91 Å². The van der Waals surface area contributed by atoms with Crippen LogP contribution in [0.25, 0.3) is 0 Å². The van der Waals surface area contributed by atoms with Gasteiger partial charge < -0.3 is 9.32 Å². The average Bonchev–Trinajstić information content (AvgIpc) is 3.57. The standard InChI is InChI=1S/C25H22N4O3S2/c1-27-15-18(19-10-5-6-12-26-19)25(22(31)29(23(33)34-25)14-16-8-7-13-32-16)24(27)17-9-3-4-11-20(17)28(2)21(24)30/h3-13,18H,14-15H2,1-2H3/t18-,24-,25-/m0/s1. The van der Waals surface area contributed by atoms with Crippen LogP contribution in [-0.2, 0) is 21.7 Å². The Hall–Kier alpha value is -3.01. The van der Waals surface area contributed by atoms with E-state index in [1.165, 1.54) is 11.8 Å². The van der Waals surface area contributed by atoms with E-state index in [4.69, 9.17) is 16.6 Å². The highest BCUT2D eigenvalue weighted by atomic mass is 32.2. The molecule has 3 atom stereocenters. The zero-order valence-corrected chi connectivity index (χ0v) is 20.3. The summed E-state index contributed by atoms with van der Waals surface area (Å²) in [6.45, 7) is 0.709. The fraction of sp³-hybridized carbons (Fsp3) is 0.280. The van der Waals surface area contributed by atoms with Gasteiger partial charge >= 0.3 is 0 Å². The Kier molecular flexibility index (Phi) is 4.74. The fourth-order valence-corrected chi connectivity index (χ4v) is 8.00. The Morgan fingerprint density at radius 2 is 1.88 bits per heavy atom. The highest BCUT2D eigenvalue weighted by Crippen LogP contribution is 2.66. The molecular formula is C25H22N4O3S2. The number of aromatic nitrogens is 1. The average molecular weight is 491 g/mol. The van der Waals surface area contributed by atoms with E-state index in [0.29, 0.717) is 16.6 Å². The second-order valence-electron chi connectivity index (χ2n) is 8.85. The Morgan fingerprint density at radius 1 is 1.09 bits per heavy atom. The molecule has 2 fully saturated rings. The molecule has 0 aliphatic carbocycles. The highest BCUT2D eigenvalue weighted by molar-refractivity contribution is 8.25. The topological polar surface area (TPSA) is 69.9 Å². The first kappa shape index (κ1) is 21.5. The smallest absolute Gasteiger partial charge is 0.254 e. The van der Waals surface area contributed by atoms with Crippen LogP contribution in [0.4, 0.5) is 5.69 Å². The Morgan fingerprint density at radius 3 is 2.62 bits per heavy atom. The highest BCUT2D eigenvalue weighted by Gasteiger charge is 2.78. The van der Waals surface area contributed by atoms with E-state index >= 15 is 0 Å². The third kappa shape index (κ3) is 2.52. The molecule has 5 heterocycles. The summed E-state index contributed by atoms with van der Waals surface area (Å²) in [4.78, 5) is 38.7. The van der Waals surface area contributed by atoms with Crippen LogP contribution in [0.2, 0.25) is 0 Å². The number of anilines is 1. The minimum absolute atomic E-state index is 0.127. The van der Waals surface area contributed by atoms with Gasteiger partial charge in [-0.1, -0.05) is 48.2 Å². The maximum absolute atomic E-state index is 14.6. The van der Waals surface area contributed by atoms with Crippen molar-refractivity contribution < 1.29 is 14.0 Å². The maximum atomic E-state index is 14.6. The molecule has 2 aromatic heterocycles. The summed E-state index contributed by atoms with van der Waals surface area (Å²) in [5.74, 6) is -0.0202. The van der Waals surface area contributed by atoms with Crippen LogP contribution in [0, 0.1) is 0 Å². The lowest BCUT2D eigenvalue weighted by Gasteiger charge is -2.42. The van der Waals surface area contributed by atoms with Crippen molar-refractivity contribution in [3.8, 4) is 0 Å². The molecule has 0 bridgehead atoms. The Bertz CT molecular complexity index is 1310. The third-order valence-electron chi connectivity index (χ3n) is 7.30. The van der Waals surface area contributed by atoms with Crippen LogP contribution >= 0.6 is 24.0 Å². The van der Waals surface area contributed by atoms with Crippen molar-refractivity contribution in [2.45, 2.75) is 22.7 Å². The predicted molar refractivity (Wildman–Crippen MR) is 133 cm³/mol. The van der Waals surface area contributed by atoms with Crippen LogP contribution < -0.4 is 4.90 Å². The zero-order valence-electron chi connectivity index (χ0n) is 18.7. The molecule has 0 unspecified atom stereocenters. The van der Waals surface area contributed by atoms with Gasteiger partial charge in [0.05, 0.1) is 12.8 Å². The summed E-state index contributed by atoms with van der Waals surface area (Å²) in [5.41, 5.74) is 1.19. The number of carbonyl (C=O) groups is 2. The molecule has 0 N–H and O–H groups in total. The van der Waals surface area contributed by atoms with Gasteiger partial charge in [-0.2, -0.15) is 0 Å². The number of hydrogen-bond acceptors (Lipinski definition) is 7. The number of hydrogen-bond donors (Lipinski definition) is 0. The van der Waals surface area contributed by atoms with Gasteiger partial charge in [-0.25, -0.2) is 0 Å². The second-order valence-corrected chi connectivity index (χ2v) is 10.7. The van der Waals surface area contributed by atoms with Gasteiger partial charge in [-0.05, 0) is 37.4 Å². The number of likely N-dealkylation sites (tertiary alicyclic amines) is 1. The van der Waals surface area contributed by atoms with E-state index in [1.807, 2.05) is 60.5 Å². The van der Waals surface area contributed by atoms with Crippen molar-refractivity contribution >= 4 is 45.8 Å². The lowest BCUT2D eigenvalue weighted by Crippen LogP contribution is -2.62. The van der Waals surface area contributed by atoms with Gasteiger partial charge in [0, 0.05) is 42.7 Å². The fourth-order valence-electron chi connectivity index (χ4n) is 5.89. The van der Waals surface area contributed by atoms with Crippen molar-refractivity contribution in [3.05, 3.63) is 84.1 Å². The molecular weight excluding hydrogens is 468 g/mol. The largest absolute Gasteiger partial charge is 0.467 e. The minimum atomic E-state index is -1.22. The molecule has 2 spiro atoms. The molecule has 1 aromatic carbocycles. The number of amides is 2. The van der Waals surface area contributed by atoms with Crippen molar-refractivity contribution in [2.75, 3.05) is 25.5 Å². The van der Waals surface area contributed by atoms with E-state index < -0.39 is 10.3 Å². The first-order valence-electron chi connectivity index (χ1n) is 11.0. The molecule has 34 heavy (non-hydrogen) atoms. The van der Waals surface area contributed by atoms with Gasteiger partial charge in [0.1, 0.15) is 14.8 Å². The lowest BCUT2D eigenvalue weighted by atomic mass is 9.73. The van der Waals surface area contributed by atoms with E-state index in [0.717, 1.165) is 16.9 Å². The molecule has 7 nitrogen and oxygen atoms in total. The van der Waals surface area contributed by atoms with E-state index in [-0.39, 0.29) is 24.3 Å². The number of nitrogens with zero attached hydrogens (tertiary/aromatic N) is 4. The summed E-state index contributed by atoms with van der Waals surface area (Å²) < 4.78 is 4.76. The van der Waals surface area contributed by atoms with E-state index in [2.05, 4.69) is 4.98 Å². The SMILES string of the molecule is CN1C(=O)[C@]2(c3ccccc31)N(C)C[C@@H](c1ccccn1)[C@@]21SC(=S)N(Cc2ccco2)C1=O. The van der Waals surface area contributed by atoms with Crippen LogP contribution in [0.15, 0.2) is 71.5 Å². The maximum Gasteiger partial charge on any atom is 0.254 e. The van der Waals surface area contributed by atoms with Crippen molar-refractivity contribution in [3.63, 3.8) is 0 Å². The number of rotatable bonds is 3. The zero-order chi connectivity index (χ0) is 23.7. The molecule has 6 rings (SSSR count). The molecule has 172 valence electrons. The third-order valence-corrected chi connectivity index (χ3v) is 9.24. The van der Waals surface area contributed by atoms with Crippen molar-refractivity contribution in [1.82, 2.24) is 14.8 Å². The van der Waals surface area contributed by atoms with Gasteiger partial charge in [-0.3, -0.25) is 24.4 Å². The number of para-hydroxylation sites is 1. The molecule has 2 saturated heterocycles. The van der Waals surface area contributed by atoms with Gasteiger partial charge in [0.2, 0.25) is 5.91 Å². The number of thiocarbonyl (C=S) groups is 1. The Balaban J connectivity index is 1.61. The first-order chi connectivity index (χ1) is 16.4. The minimum Gasteiger partial charge on any atom is -0.467 e. The normalized spacial score (nSPS) is 28.6. The summed E-state index contributed by atoms with van der Waals surface area (Å²) >= 11 is 7.11. The summed E-state index contributed by atoms with van der Waals surface area (Å²) in [7, 11) is 3.69. The van der Waals surface area contributed by atoms with E-state index in [1.54, 1.807) is 35.4 Å². The Labute approximate surface area is 206 Å². The number of likely N-dealkylation sites (N-methyl/N-ethyl adjacent to an activating group) is 2. The van der Waals surface area contributed by atoms with Gasteiger partial charge in [0.15, 0.2) is 5.54 Å². The number of fused-ring (bicyclic) bond motifs is 3. The van der Waals surface area contributed by atoms with Crippen molar-refractivity contribution in [2.24, 2.45) is 0 Å². The summed E-state index contributed by atoms with van der Waals surface area (Å²) in [6, 6.07) is 17.0. The first-order valence-corrected chi connectivity index (χ1v) is 12.2. The molecule has 0 radical (unpaired) electrons. The molecule has 0 saturated carbocycles. The van der Waals surface area contributed by atoms with Crippen LogP contribution in [0.1, 0.15) is 22.9 Å². The van der Waals surface area contributed by atoms with Crippen LogP contribution in [0.3, 0.4) is 0 Å². The van der Waals surface area contributed by atoms with E-state index in [9.17, 15) is 9.59 Å². The number of benzene rings is 1. The quantitative estimate of drug-likeness (QED) is 0.522. The molecule has 3 aliphatic heterocycles. The second kappa shape index (κ2) is 7.49. The van der Waals surface area contributed by atoms with Gasteiger partial charge in [-0.15, -0.1) is 0 Å². The molecule has 3 aromatic rings. The van der Waals surface area contributed by atoms with Crippen LogP contribution in [-0.4, -0.2) is 56.3 Å². The number of thioether (sulfide) groups is 1. The van der Waals surface area contributed by atoms with Crippen LogP contribution in [0.5, 0.6) is 0 Å². The predicted octanol–water partition coefficient (Wildman–Crippen LogP) is 3.37. The summed E-state index contributed by atoms with van der Waals surface area (Å²) in [6.07, 6.45) is 3.31. The monoisotopic (exact) mass is 490 g/mol. The number of carbonyl (C=O) groups excluding carboxylic acids is 2. The molecule has 3 aliphatic rings. The van der Waals surface area contributed by atoms with Crippen molar-refractivity contribution in [1.29, 1.82) is 0 Å². The molecule has 2 amide bonds. The molecule has 9 heteroatoms.